The van der Waals surface area contributed by atoms with Crippen LogP contribution in [0.2, 0.25) is 0 Å². The molecule has 1 N–H and O–H groups in total. The normalized spacial score (nSPS) is 32.2. The van der Waals surface area contributed by atoms with Gasteiger partial charge in [0.25, 0.3) is 0 Å². The molecule has 5 nitrogen and oxygen atoms in total. The summed E-state index contributed by atoms with van der Waals surface area (Å²) in [7, 11) is 0. The Morgan fingerprint density at radius 3 is 2.94 bits per heavy atom. The van der Waals surface area contributed by atoms with E-state index in [1.165, 1.54) is 0 Å². The third-order valence-electron chi connectivity index (χ3n) is 3.37. The van der Waals surface area contributed by atoms with E-state index in [2.05, 4.69) is 5.32 Å². The zero-order valence-corrected chi connectivity index (χ0v) is 9.62. The highest BCUT2D eigenvalue weighted by molar-refractivity contribution is 5.87. The molecule has 2 heterocycles. The minimum absolute atomic E-state index is 0.00106. The van der Waals surface area contributed by atoms with Crippen molar-refractivity contribution in [2.75, 3.05) is 26.3 Å². The predicted molar refractivity (Wildman–Crippen MR) is 57.8 cm³/mol. The molecule has 90 valence electrons. The third-order valence-corrected chi connectivity index (χ3v) is 3.37. The van der Waals surface area contributed by atoms with Gasteiger partial charge in [-0.3, -0.25) is 9.59 Å². The Morgan fingerprint density at radius 2 is 2.25 bits per heavy atom. The summed E-state index contributed by atoms with van der Waals surface area (Å²) in [6.07, 6.45) is 2.32. The van der Waals surface area contributed by atoms with Crippen LogP contribution in [0.15, 0.2) is 0 Å². The molecule has 2 aliphatic heterocycles. The van der Waals surface area contributed by atoms with E-state index in [1.54, 1.807) is 0 Å². The first kappa shape index (κ1) is 11.4. The average molecular weight is 226 g/mol. The number of ether oxygens (including phenoxy) is 1. The monoisotopic (exact) mass is 226 g/mol. The lowest BCUT2D eigenvalue weighted by Gasteiger charge is -2.43. The van der Waals surface area contributed by atoms with E-state index < -0.39 is 0 Å². The zero-order valence-electron chi connectivity index (χ0n) is 9.62. The van der Waals surface area contributed by atoms with Gasteiger partial charge in [-0.2, -0.15) is 0 Å². The van der Waals surface area contributed by atoms with Gasteiger partial charge in [0.2, 0.25) is 11.8 Å². The van der Waals surface area contributed by atoms with Gasteiger partial charge in [-0.05, 0) is 19.8 Å². The summed E-state index contributed by atoms with van der Waals surface area (Å²) >= 11 is 0. The second-order valence-electron chi connectivity index (χ2n) is 4.73. The van der Waals surface area contributed by atoms with E-state index in [4.69, 9.17) is 4.74 Å². The molecule has 5 heteroatoms. The van der Waals surface area contributed by atoms with E-state index in [0.717, 1.165) is 19.4 Å². The van der Waals surface area contributed by atoms with Crippen molar-refractivity contribution in [3.05, 3.63) is 0 Å². The summed E-state index contributed by atoms with van der Waals surface area (Å²) in [5, 5.41) is 2.61. The lowest BCUT2D eigenvalue weighted by molar-refractivity contribution is -0.141. The Bertz CT molecular complexity index is 298. The number of hydrogen-bond acceptors (Lipinski definition) is 3. The van der Waals surface area contributed by atoms with Gasteiger partial charge in [0, 0.05) is 19.6 Å². The molecule has 2 fully saturated rings. The van der Waals surface area contributed by atoms with Crippen molar-refractivity contribution in [2.45, 2.75) is 31.7 Å². The van der Waals surface area contributed by atoms with Gasteiger partial charge in [-0.1, -0.05) is 0 Å². The first-order chi connectivity index (χ1) is 7.62. The van der Waals surface area contributed by atoms with Crippen LogP contribution >= 0.6 is 0 Å². The van der Waals surface area contributed by atoms with Gasteiger partial charge in [0.15, 0.2) is 0 Å². The van der Waals surface area contributed by atoms with E-state index in [0.29, 0.717) is 19.6 Å². The Hall–Kier alpha value is -1.10. The molecule has 16 heavy (non-hydrogen) atoms. The minimum atomic E-state index is -0.234. The van der Waals surface area contributed by atoms with Gasteiger partial charge in [-0.25, -0.2) is 0 Å². The predicted octanol–water partition coefficient (Wildman–Crippen LogP) is -0.0960. The number of nitrogens with one attached hydrogen (secondary N) is 1. The van der Waals surface area contributed by atoms with Crippen molar-refractivity contribution in [3.8, 4) is 0 Å². The maximum Gasteiger partial charge on any atom is 0.242 e. The van der Waals surface area contributed by atoms with Crippen LogP contribution in [-0.4, -0.2) is 48.6 Å². The van der Waals surface area contributed by atoms with Crippen LogP contribution in [0.1, 0.15) is 26.2 Å². The quantitative estimate of drug-likeness (QED) is 0.679. The second kappa shape index (κ2) is 4.41. The molecule has 2 aliphatic rings. The highest BCUT2D eigenvalue weighted by Gasteiger charge is 2.38. The number of nitrogens with zero attached hydrogens (tertiary/aromatic N) is 1. The van der Waals surface area contributed by atoms with Crippen molar-refractivity contribution >= 4 is 11.8 Å². The fourth-order valence-corrected chi connectivity index (χ4v) is 2.40. The summed E-state index contributed by atoms with van der Waals surface area (Å²) in [5.74, 6) is -0.0463. The molecule has 0 bridgehead atoms. The molecule has 0 radical (unpaired) electrons. The van der Waals surface area contributed by atoms with Crippen LogP contribution in [-0.2, 0) is 14.3 Å². The number of carbonyl (C=O) groups is 2. The topological polar surface area (TPSA) is 58.6 Å². The molecule has 0 spiro atoms. The number of amides is 2. The van der Waals surface area contributed by atoms with Gasteiger partial charge in [0.1, 0.15) is 0 Å². The van der Waals surface area contributed by atoms with Crippen molar-refractivity contribution in [2.24, 2.45) is 0 Å². The third kappa shape index (κ3) is 2.19. The average Bonchev–Trinajstić information content (AvgIpc) is 2.43. The first-order valence-electron chi connectivity index (χ1n) is 5.77. The fraction of sp³-hybridized carbons (Fsp3) is 0.818. The van der Waals surface area contributed by atoms with E-state index >= 15 is 0 Å². The molecule has 0 aromatic rings. The van der Waals surface area contributed by atoms with Gasteiger partial charge in [-0.15, -0.1) is 0 Å². The summed E-state index contributed by atoms with van der Waals surface area (Å²) in [4.78, 5) is 25.0. The molecule has 2 rings (SSSR count). The summed E-state index contributed by atoms with van der Waals surface area (Å²) < 4.78 is 5.46. The zero-order chi connectivity index (χ0) is 11.6. The molecule has 0 aromatic carbocycles. The van der Waals surface area contributed by atoms with Crippen molar-refractivity contribution in [1.29, 1.82) is 0 Å². The largest absolute Gasteiger partial charge is 0.379 e. The molecule has 1 atom stereocenters. The molecule has 2 saturated heterocycles. The van der Waals surface area contributed by atoms with E-state index in [9.17, 15) is 9.59 Å². The Balaban J connectivity index is 2.11. The maximum atomic E-state index is 11.9. The van der Waals surface area contributed by atoms with Gasteiger partial charge < -0.3 is 15.0 Å². The maximum absolute atomic E-state index is 11.9. The Labute approximate surface area is 95.1 Å². The molecule has 0 aromatic heterocycles. The Kier molecular flexibility index (Phi) is 3.14. The lowest BCUT2D eigenvalue weighted by atomic mass is 9.92. The molecule has 2 amide bonds. The van der Waals surface area contributed by atoms with Gasteiger partial charge in [0.05, 0.1) is 18.7 Å². The van der Waals surface area contributed by atoms with E-state index in [-0.39, 0.29) is 23.9 Å². The summed E-state index contributed by atoms with van der Waals surface area (Å²) in [6.45, 7) is 4.01. The van der Waals surface area contributed by atoms with E-state index in [1.807, 2.05) is 11.8 Å². The SMILES string of the molecule is CC1(N2CCC(=O)NCC2=O)CCCOC1. The van der Waals surface area contributed by atoms with Crippen LogP contribution < -0.4 is 5.32 Å². The highest BCUT2D eigenvalue weighted by Crippen LogP contribution is 2.26. The summed E-state index contributed by atoms with van der Waals surface area (Å²) in [5.41, 5.74) is -0.234. The van der Waals surface area contributed by atoms with Crippen molar-refractivity contribution in [1.82, 2.24) is 10.2 Å². The van der Waals surface area contributed by atoms with Crippen LogP contribution in [0, 0.1) is 0 Å². The molecular formula is C11H18N2O3. The number of carbonyl (C=O) groups excluding carboxylic acids is 2. The smallest absolute Gasteiger partial charge is 0.242 e. The highest BCUT2D eigenvalue weighted by atomic mass is 16.5. The van der Waals surface area contributed by atoms with Crippen LogP contribution in [0.3, 0.4) is 0 Å². The van der Waals surface area contributed by atoms with Crippen LogP contribution in [0.5, 0.6) is 0 Å². The fourth-order valence-electron chi connectivity index (χ4n) is 2.40. The first-order valence-corrected chi connectivity index (χ1v) is 5.77. The summed E-state index contributed by atoms with van der Waals surface area (Å²) in [6, 6.07) is 0. The number of hydrogen-bond donors (Lipinski definition) is 1. The lowest BCUT2D eigenvalue weighted by Crippen LogP contribution is -2.55. The van der Waals surface area contributed by atoms with Crippen molar-refractivity contribution in [3.63, 3.8) is 0 Å². The second-order valence-corrected chi connectivity index (χ2v) is 4.73. The number of rotatable bonds is 1. The standard InChI is InChI=1S/C11H18N2O3/c1-11(4-2-6-16-8-11)13-5-3-9(14)12-7-10(13)15/h2-8H2,1H3,(H,12,14). The Morgan fingerprint density at radius 1 is 1.44 bits per heavy atom. The minimum Gasteiger partial charge on any atom is -0.379 e. The van der Waals surface area contributed by atoms with Crippen LogP contribution in [0.4, 0.5) is 0 Å². The molecule has 0 saturated carbocycles. The van der Waals surface area contributed by atoms with Gasteiger partial charge >= 0.3 is 0 Å². The van der Waals surface area contributed by atoms with Crippen LogP contribution in [0.25, 0.3) is 0 Å². The molecule has 0 aliphatic carbocycles. The molecular weight excluding hydrogens is 208 g/mol. The molecule has 1 unspecified atom stereocenters. The van der Waals surface area contributed by atoms with Crippen molar-refractivity contribution < 1.29 is 14.3 Å².